The predicted molar refractivity (Wildman–Crippen MR) is 247 cm³/mol. The molecule has 2 N–H and O–H groups in total. The van der Waals surface area contributed by atoms with Crippen LogP contribution < -0.4 is 9.47 Å². The molecule has 66 heavy (non-hydrogen) atoms. The summed E-state index contributed by atoms with van der Waals surface area (Å²) in [7, 11) is 0. The molecule has 6 unspecified atom stereocenters. The molecule has 1 heterocycles. The van der Waals surface area contributed by atoms with Crippen molar-refractivity contribution in [1.82, 2.24) is 4.90 Å². The van der Waals surface area contributed by atoms with Gasteiger partial charge >= 0.3 is 6.09 Å². The topological polar surface area (TPSA) is 162 Å². The number of ether oxygens (including phenoxy) is 4. The Labute approximate surface area is 384 Å². The molecule has 14 heteroatoms. The first-order chi connectivity index (χ1) is 32.2. The van der Waals surface area contributed by atoms with Gasteiger partial charge in [0.2, 0.25) is 5.79 Å². The van der Waals surface area contributed by atoms with Crippen LogP contribution in [0, 0.1) is 33.7 Å². The Morgan fingerprint density at radius 1 is 0.924 bits per heavy atom. The van der Waals surface area contributed by atoms with E-state index in [0.717, 1.165) is 29.5 Å². The second-order valence-electron chi connectivity index (χ2n) is 16.8. The molecular formula is C52H58FN3O10. The highest BCUT2D eigenvalue weighted by atomic mass is 19.1. The van der Waals surface area contributed by atoms with Crippen LogP contribution in [0.15, 0.2) is 139 Å². The molecule has 7 rings (SSSR count). The van der Waals surface area contributed by atoms with Crippen LogP contribution in [-0.2, 0) is 27.5 Å². The number of fused-ring (bicyclic) bond motifs is 2. The zero-order valence-corrected chi connectivity index (χ0v) is 37.1. The van der Waals surface area contributed by atoms with E-state index in [1.54, 1.807) is 53.5 Å². The molecule has 1 fully saturated rings. The van der Waals surface area contributed by atoms with E-state index in [2.05, 4.69) is 19.2 Å². The van der Waals surface area contributed by atoms with Crippen molar-refractivity contribution < 1.29 is 48.1 Å². The molecule has 2 aliphatic carbocycles. The largest absolute Gasteiger partial charge is 0.459 e. The Balaban J connectivity index is 1.45. The summed E-state index contributed by atoms with van der Waals surface area (Å²) in [6.45, 7) is 8.16. The Morgan fingerprint density at radius 2 is 1.68 bits per heavy atom. The predicted octanol–water partition coefficient (Wildman–Crippen LogP) is 10.6. The summed E-state index contributed by atoms with van der Waals surface area (Å²) in [6.07, 6.45) is 9.52. The lowest BCUT2D eigenvalue weighted by molar-refractivity contribution is -0.384. The van der Waals surface area contributed by atoms with Crippen molar-refractivity contribution in [2.45, 2.75) is 82.3 Å². The summed E-state index contributed by atoms with van der Waals surface area (Å²) in [5.74, 6) is -1.96. The second kappa shape index (κ2) is 22.7. The fraction of sp³-hybridized carbons (Fsp3) is 0.385. The van der Waals surface area contributed by atoms with Gasteiger partial charge in [-0.25, -0.2) is 9.18 Å². The SMILES string of the molecule is C=CCCOC(=O)N(Cc1ccc(F)cc1)C1CC(=NOCc2ccccc2)C2=CC(CCCCO)C(CCCCO)C3c4cc(Oc5cccc([N+](=O)[O-])c5)ccc4OC1(OCC=C)C23. The molecule has 0 bridgehead atoms. The normalized spacial score (nSPS) is 22.2. The molecule has 4 aromatic rings. The van der Waals surface area contributed by atoms with Gasteiger partial charge in [0.1, 0.15) is 35.7 Å². The number of halogens is 1. The van der Waals surface area contributed by atoms with E-state index in [-0.39, 0.29) is 75.2 Å². The quantitative estimate of drug-likeness (QED) is 0.0317. The zero-order valence-electron chi connectivity index (χ0n) is 37.1. The number of nitro groups is 1. The van der Waals surface area contributed by atoms with Gasteiger partial charge in [0.25, 0.3) is 5.69 Å². The van der Waals surface area contributed by atoms with Crippen molar-refractivity contribution in [3.8, 4) is 17.2 Å². The summed E-state index contributed by atoms with van der Waals surface area (Å²) < 4.78 is 41.0. The number of rotatable bonds is 23. The van der Waals surface area contributed by atoms with Gasteiger partial charge in [-0.2, -0.15) is 0 Å². The summed E-state index contributed by atoms with van der Waals surface area (Å²) in [5.41, 5.74) is 3.66. The number of nitrogens with zero attached hydrogens (tertiary/aromatic N) is 3. The maximum absolute atomic E-state index is 14.7. The molecule has 13 nitrogen and oxygen atoms in total. The molecule has 4 aromatic carbocycles. The van der Waals surface area contributed by atoms with Crippen molar-refractivity contribution >= 4 is 17.5 Å². The minimum atomic E-state index is -1.60. The number of aliphatic hydroxyl groups is 2. The van der Waals surface area contributed by atoms with Crippen molar-refractivity contribution in [3.63, 3.8) is 0 Å². The number of hydrogen-bond donors (Lipinski definition) is 2. The lowest BCUT2D eigenvalue weighted by atomic mass is 9.55. The fourth-order valence-corrected chi connectivity index (χ4v) is 9.67. The standard InChI is InChI=1S/C52H58FN3O10/c1-3-5-29-62-51(59)55(34-36-20-22-39(53)23-21-36)48-33-46(54-64-35-37-14-7-6-8-15-37)44-30-38(16-9-11-26-57)43(19-10-12-27-58)49-45-32-42(65-41-18-13-17-40(31-41)56(60)61)24-25-47(45)66-52(48,50(44)49)63-28-4-2/h3-4,6-8,13-15,17-18,20-25,30-32,38,43,48-50,57-58H,1-2,5,9-12,16,19,26-29,33-35H2. The number of unbranched alkanes of at least 4 members (excludes halogenated alkanes) is 2. The third-order valence-corrected chi connectivity index (χ3v) is 12.6. The molecule has 0 aromatic heterocycles. The summed E-state index contributed by atoms with van der Waals surface area (Å²) in [4.78, 5) is 33.7. The number of oxime groups is 1. The van der Waals surface area contributed by atoms with E-state index in [9.17, 15) is 29.5 Å². The lowest BCUT2D eigenvalue weighted by Gasteiger charge is -2.59. The molecule has 1 saturated carbocycles. The van der Waals surface area contributed by atoms with E-state index in [0.29, 0.717) is 54.9 Å². The molecule has 0 spiro atoms. The van der Waals surface area contributed by atoms with Gasteiger partial charge in [-0.3, -0.25) is 15.0 Å². The number of carbonyl (C=O) groups is 1. The Bertz CT molecular complexity index is 2360. The number of aliphatic hydroxyl groups excluding tert-OH is 2. The maximum atomic E-state index is 14.7. The second-order valence-corrected chi connectivity index (χ2v) is 16.8. The van der Waals surface area contributed by atoms with Crippen molar-refractivity contribution in [2.75, 3.05) is 26.4 Å². The summed E-state index contributed by atoms with van der Waals surface area (Å²) in [5, 5.41) is 36.5. The molecule has 0 radical (unpaired) electrons. The number of allylic oxidation sites excluding steroid dienone is 1. The summed E-state index contributed by atoms with van der Waals surface area (Å²) in [6, 6.07) is 26.1. The van der Waals surface area contributed by atoms with E-state index in [1.807, 2.05) is 36.4 Å². The highest BCUT2D eigenvalue weighted by Crippen LogP contribution is 2.62. The van der Waals surface area contributed by atoms with Gasteiger partial charge in [-0.1, -0.05) is 84.8 Å². The summed E-state index contributed by atoms with van der Waals surface area (Å²) >= 11 is 0. The van der Waals surface area contributed by atoms with Crippen molar-refractivity contribution in [3.05, 3.63) is 167 Å². The molecule has 348 valence electrons. The lowest BCUT2D eigenvalue weighted by Crippen LogP contribution is -2.70. The van der Waals surface area contributed by atoms with E-state index in [4.69, 9.17) is 28.9 Å². The van der Waals surface area contributed by atoms with Gasteiger partial charge in [0.15, 0.2) is 0 Å². The van der Waals surface area contributed by atoms with Crippen molar-refractivity contribution in [1.29, 1.82) is 0 Å². The van der Waals surface area contributed by atoms with Gasteiger partial charge in [-0.15, -0.1) is 13.2 Å². The average molecular weight is 904 g/mol. The minimum Gasteiger partial charge on any atom is -0.459 e. The number of hydrogen-bond acceptors (Lipinski definition) is 11. The highest BCUT2D eigenvalue weighted by molar-refractivity contribution is 6.03. The van der Waals surface area contributed by atoms with Gasteiger partial charge < -0.3 is 34.0 Å². The third-order valence-electron chi connectivity index (χ3n) is 12.6. The smallest absolute Gasteiger partial charge is 0.410 e. The van der Waals surface area contributed by atoms with E-state index < -0.39 is 34.6 Å². The number of non-ortho nitro benzene ring substituents is 1. The van der Waals surface area contributed by atoms with Crippen LogP contribution in [0.5, 0.6) is 17.2 Å². The number of nitro benzene ring substituents is 1. The first kappa shape index (κ1) is 47.6. The maximum Gasteiger partial charge on any atom is 0.410 e. The fourth-order valence-electron chi connectivity index (χ4n) is 9.67. The molecule has 0 saturated heterocycles. The molecule has 1 amide bonds. The zero-order chi connectivity index (χ0) is 46.5. The van der Waals surface area contributed by atoms with Crippen LogP contribution in [0.2, 0.25) is 0 Å². The molecule has 6 atom stereocenters. The number of benzene rings is 4. The van der Waals surface area contributed by atoms with Gasteiger partial charge in [0.05, 0.1) is 35.8 Å². The van der Waals surface area contributed by atoms with E-state index >= 15 is 0 Å². The Kier molecular flexibility index (Phi) is 16.4. The molecule has 3 aliphatic rings. The molecule has 1 aliphatic heterocycles. The van der Waals surface area contributed by atoms with Crippen molar-refractivity contribution in [2.24, 2.45) is 22.9 Å². The van der Waals surface area contributed by atoms with Crippen LogP contribution in [0.3, 0.4) is 0 Å². The Morgan fingerprint density at radius 3 is 2.41 bits per heavy atom. The average Bonchev–Trinajstić information content (AvgIpc) is 3.32. The first-order valence-corrected chi connectivity index (χ1v) is 22.6. The van der Waals surface area contributed by atoms with Crippen LogP contribution in [0.1, 0.15) is 74.0 Å². The van der Waals surface area contributed by atoms with Crippen LogP contribution in [-0.4, -0.2) is 70.1 Å². The number of carbonyl (C=O) groups excluding carboxylic acids is 1. The van der Waals surface area contributed by atoms with Crippen LogP contribution in [0.4, 0.5) is 14.9 Å². The highest BCUT2D eigenvalue weighted by Gasteiger charge is 2.65. The van der Waals surface area contributed by atoms with Gasteiger partial charge in [0, 0.05) is 43.7 Å². The first-order valence-electron chi connectivity index (χ1n) is 22.6. The van der Waals surface area contributed by atoms with Crippen LogP contribution in [0.25, 0.3) is 0 Å². The number of amides is 1. The van der Waals surface area contributed by atoms with Gasteiger partial charge in [-0.05, 0) is 97.0 Å². The molecular weight excluding hydrogens is 846 g/mol. The minimum absolute atomic E-state index is 0.00156. The third kappa shape index (κ3) is 11.0. The Hall–Kier alpha value is -6.35. The van der Waals surface area contributed by atoms with E-state index in [1.165, 1.54) is 24.3 Å². The van der Waals surface area contributed by atoms with Crippen LogP contribution >= 0.6 is 0 Å². The monoisotopic (exact) mass is 903 g/mol.